The van der Waals surface area contributed by atoms with Gasteiger partial charge in [0.25, 0.3) is 0 Å². The minimum atomic E-state index is -0.0624. The van der Waals surface area contributed by atoms with Crippen LogP contribution < -0.4 is 4.90 Å². The van der Waals surface area contributed by atoms with Gasteiger partial charge in [-0.3, -0.25) is 14.5 Å². The predicted molar refractivity (Wildman–Crippen MR) is 87.6 cm³/mol. The quantitative estimate of drug-likeness (QED) is 0.590. The van der Waals surface area contributed by atoms with E-state index in [4.69, 9.17) is 0 Å². The highest BCUT2D eigenvalue weighted by Gasteiger charge is 2.78. The second kappa shape index (κ2) is 3.58. The highest BCUT2D eigenvalue weighted by molar-refractivity contribution is 6.22. The van der Waals surface area contributed by atoms with Crippen molar-refractivity contribution in [1.82, 2.24) is 0 Å². The molecule has 3 heteroatoms. The third kappa shape index (κ3) is 1.03. The van der Waals surface area contributed by atoms with Gasteiger partial charge in [0.2, 0.25) is 11.8 Å². The van der Waals surface area contributed by atoms with E-state index in [1.807, 2.05) is 30.3 Å². The van der Waals surface area contributed by atoms with Crippen molar-refractivity contribution in [2.75, 3.05) is 4.90 Å². The Morgan fingerprint density at radius 1 is 0.750 bits per heavy atom. The van der Waals surface area contributed by atoms with Crippen LogP contribution in [-0.2, 0) is 9.59 Å². The minimum absolute atomic E-state index is 0.0624. The highest BCUT2D eigenvalue weighted by Crippen LogP contribution is 2.78. The van der Waals surface area contributed by atoms with Crippen molar-refractivity contribution < 1.29 is 9.59 Å². The van der Waals surface area contributed by atoms with Crippen LogP contribution in [0.25, 0.3) is 0 Å². The molecule has 0 aromatic heterocycles. The molecule has 1 aromatic carbocycles. The molecule has 2 amide bonds. The zero-order chi connectivity index (χ0) is 15.7. The first kappa shape index (κ1) is 12.2. The van der Waals surface area contributed by atoms with E-state index < -0.39 is 0 Å². The van der Waals surface area contributed by atoms with Gasteiger partial charge in [-0.15, -0.1) is 0 Å². The summed E-state index contributed by atoms with van der Waals surface area (Å²) in [6.45, 7) is 0. The van der Waals surface area contributed by atoms with Crippen LogP contribution in [0.2, 0.25) is 0 Å². The number of hydrogen-bond donors (Lipinski definition) is 0. The van der Waals surface area contributed by atoms with E-state index in [2.05, 4.69) is 18.2 Å². The van der Waals surface area contributed by atoms with Crippen LogP contribution in [0.4, 0.5) is 5.69 Å². The van der Waals surface area contributed by atoms with Gasteiger partial charge >= 0.3 is 0 Å². The molecule has 0 N–H and O–H groups in total. The van der Waals surface area contributed by atoms with Crippen molar-refractivity contribution in [2.24, 2.45) is 53.3 Å². The highest BCUT2D eigenvalue weighted by atomic mass is 16.2. The summed E-state index contributed by atoms with van der Waals surface area (Å²) in [5, 5.41) is 0. The molecule has 3 saturated carbocycles. The second-order valence-corrected chi connectivity index (χ2v) is 8.39. The Morgan fingerprint density at radius 2 is 1.46 bits per heavy atom. The Labute approximate surface area is 140 Å². The van der Waals surface area contributed by atoms with Crippen LogP contribution in [0.15, 0.2) is 54.1 Å². The molecule has 0 radical (unpaired) electrons. The molecule has 0 unspecified atom stereocenters. The Balaban J connectivity index is 1.38. The number of anilines is 1. The number of rotatable bonds is 1. The molecule has 4 fully saturated rings. The number of para-hydroxylation sites is 1. The molecule has 24 heavy (non-hydrogen) atoms. The maximum Gasteiger partial charge on any atom is 0.238 e. The molecule has 118 valence electrons. The topological polar surface area (TPSA) is 37.4 Å². The number of nitrogens with zero attached hydrogens (tertiary/aromatic N) is 1. The number of amides is 2. The monoisotopic (exact) mass is 315 g/mol. The lowest BCUT2D eigenvalue weighted by atomic mass is 9.53. The summed E-state index contributed by atoms with van der Waals surface area (Å²) < 4.78 is 0. The van der Waals surface area contributed by atoms with E-state index in [0.29, 0.717) is 41.4 Å². The van der Waals surface area contributed by atoms with Gasteiger partial charge in [-0.1, -0.05) is 42.0 Å². The first-order valence-corrected chi connectivity index (χ1v) is 9.10. The average molecular weight is 315 g/mol. The van der Waals surface area contributed by atoms with Crippen LogP contribution in [0.1, 0.15) is 0 Å². The van der Waals surface area contributed by atoms with Crippen LogP contribution in [0.5, 0.6) is 0 Å². The second-order valence-electron chi connectivity index (χ2n) is 8.39. The predicted octanol–water partition coefficient (Wildman–Crippen LogP) is 2.66. The molecule has 1 saturated heterocycles. The molecule has 0 spiro atoms. The molecule has 8 aliphatic rings. The third-order valence-corrected chi connectivity index (χ3v) is 7.96. The molecule has 8 bridgehead atoms. The number of allylic oxidation sites excluding steroid dienone is 4. The van der Waals surface area contributed by atoms with E-state index in [0.717, 1.165) is 5.69 Å². The van der Waals surface area contributed by atoms with E-state index in [-0.39, 0.29) is 23.7 Å². The molecule has 7 aliphatic carbocycles. The molecule has 1 aromatic rings. The number of carbonyl (C=O) groups is 2. The maximum atomic E-state index is 13.2. The summed E-state index contributed by atoms with van der Waals surface area (Å²) in [6.07, 6.45) is 7.22. The van der Waals surface area contributed by atoms with Gasteiger partial charge < -0.3 is 0 Å². The van der Waals surface area contributed by atoms with Crippen LogP contribution >= 0.6 is 0 Å². The third-order valence-electron chi connectivity index (χ3n) is 7.96. The van der Waals surface area contributed by atoms with Crippen LogP contribution in [0, 0.1) is 53.3 Å². The summed E-state index contributed by atoms with van der Waals surface area (Å²) >= 11 is 0. The van der Waals surface area contributed by atoms with E-state index >= 15 is 0 Å². The fourth-order valence-corrected chi connectivity index (χ4v) is 7.64. The lowest BCUT2D eigenvalue weighted by molar-refractivity contribution is -0.124. The first-order chi connectivity index (χ1) is 11.8. The standard InChI is InChI=1S/C21H17NO2/c23-20-18-16-13-9-6-7-11-12(8-9)15(16)17(14(11)13)19(18)21(24)22(20)10-4-2-1-3-5-10/h1-9,11,13-19H/t9-,11-,13+,14+,15+,16-,17-,18-,19-/m1/s1. The van der Waals surface area contributed by atoms with Gasteiger partial charge in [0.05, 0.1) is 17.5 Å². The molecule has 1 aliphatic heterocycles. The zero-order valence-corrected chi connectivity index (χ0v) is 13.1. The largest absolute Gasteiger partial charge is 0.274 e. The van der Waals surface area contributed by atoms with Gasteiger partial charge in [0.15, 0.2) is 0 Å². The molecule has 9 atom stereocenters. The summed E-state index contributed by atoms with van der Waals surface area (Å²) in [6, 6.07) is 9.49. The number of carbonyl (C=O) groups excluding carboxylic acids is 2. The Morgan fingerprint density at radius 3 is 2.21 bits per heavy atom. The van der Waals surface area contributed by atoms with Crippen molar-refractivity contribution in [2.45, 2.75) is 0 Å². The number of fused-ring (bicyclic) bond motifs is 1. The lowest BCUT2D eigenvalue weighted by Crippen LogP contribution is -2.47. The smallest absolute Gasteiger partial charge is 0.238 e. The molecule has 3 nitrogen and oxygen atoms in total. The van der Waals surface area contributed by atoms with Crippen LogP contribution in [-0.4, -0.2) is 11.8 Å². The molecular formula is C21H17NO2. The summed E-state index contributed by atoms with van der Waals surface area (Å²) in [4.78, 5) is 27.9. The zero-order valence-electron chi connectivity index (χ0n) is 13.1. The lowest BCUT2D eigenvalue weighted by Gasteiger charge is -2.50. The molecular weight excluding hydrogens is 298 g/mol. The number of benzene rings is 1. The normalized spacial score (nSPS) is 51.1. The Bertz CT molecular complexity index is 854. The summed E-state index contributed by atoms with van der Waals surface area (Å²) in [5.74, 6) is 3.71. The SMILES string of the molecule is O=C1[C@H]2[C@H](C(=O)N1c1ccccc1)[C@H]1[C@H]3C4=C[C@H]5C=C[C@H]4[C@H]1[C@H]5[C@@H]23. The van der Waals surface area contributed by atoms with Crippen molar-refractivity contribution in [3.8, 4) is 0 Å². The number of hydrogen-bond acceptors (Lipinski definition) is 2. The van der Waals surface area contributed by atoms with Gasteiger partial charge in [0.1, 0.15) is 0 Å². The summed E-state index contributed by atoms with van der Waals surface area (Å²) in [7, 11) is 0. The number of imide groups is 1. The van der Waals surface area contributed by atoms with Gasteiger partial charge in [-0.05, 0) is 47.6 Å². The Kier molecular flexibility index (Phi) is 1.83. The van der Waals surface area contributed by atoms with Gasteiger partial charge in [0, 0.05) is 5.92 Å². The average Bonchev–Trinajstić information content (AvgIpc) is 3.29. The molecule has 9 rings (SSSR count). The maximum absolute atomic E-state index is 13.2. The minimum Gasteiger partial charge on any atom is -0.274 e. The van der Waals surface area contributed by atoms with Crippen molar-refractivity contribution in [1.29, 1.82) is 0 Å². The van der Waals surface area contributed by atoms with E-state index in [1.165, 1.54) is 4.90 Å². The fraction of sp³-hybridized carbons (Fsp3) is 0.429. The van der Waals surface area contributed by atoms with E-state index in [9.17, 15) is 9.59 Å². The van der Waals surface area contributed by atoms with Crippen molar-refractivity contribution >= 4 is 17.5 Å². The Hall–Kier alpha value is -2.16. The molecule has 1 heterocycles. The van der Waals surface area contributed by atoms with Gasteiger partial charge in [-0.25, -0.2) is 0 Å². The summed E-state index contributed by atoms with van der Waals surface area (Å²) in [5.41, 5.74) is 2.32. The van der Waals surface area contributed by atoms with Crippen molar-refractivity contribution in [3.05, 3.63) is 54.1 Å². The van der Waals surface area contributed by atoms with Gasteiger partial charge in [-0.2, -0.15) is 0 Å². The fourth-order valence-electron chi connectivity index (χ4n) is 7.64. The van der Waals surface area contributed by atoms with E-state index in [1.54, 1.807) is 5.57 Å². The first-order valence-electron chi connectivity index (χ1n) is 9.10. The van der Waals surface area contributed by atoms with Crippen LogP contribution in [0.3, 0.4) is 0 Å². The van der Waals surface area contributed by atoms with Crippen molar-refractivity contribution in [3.63, 3.8) is 0 Å².